The Morgan fingerprint density at radius 2 is 1.67 bits per heavy atom. The molecule has 2 heterocycles. The van der Waals surface area contributed by atoms with Crippen LogP contribution >= 0.6 is 12.4 Å². The highest BCUT2D eigenvalue weighted by atomic mass is 35.5. The zero-order valence-corrected chi connectivity index (χ0v) is 19.2. The van der Waals surface area contributed by atoms with E-state index in [1.54, 1.807) is 12.1 Å². The maximum Gasteiger partial charge on any atom is 0.337 e. The SMILES string of the molecule is COC(=O)c1cc(C(=O)OC)cc(-c2ccc(CNCCc3c[nH]c4ccccc34)o2)c1.Cl. The number of ether oxygens (including phenoxy) is 2. The lowest BCUT2D eigenvalue weighted by molar-refractivity contribution is 0.0599. The minimum Gasteiger partial charge on any atom is -0.465 e. The molecule has 7 nitrogen and oxygen atoms in total. The van der Waals surface area contributed by atoms with Gasteiger partial charge in [-0.05, 0) is 54.9 Å². The van der Waals surface area contributed by atoms with Crippen LogP contribution in [0.15, 0.2) is 65.2 Å². The first-order valence-corrected chi connectivity index (χ1v) is 10.3. The molecule has 0 bridgehead atoms. The van der Waals surface area contributed by atoms with Gasteiger partial charge in [-0.15, -0.1) is 12.4 Å². The number of fused-ring (bicyclic) bond motifs is 1. The number of esters is 2. The average molecular weight is 469 g/mol. The van der Waals surface area contributed by atoms with Crippen LogP contribution in [-0.4, -0.2) is 37.7 Å². The normalized spacial score (nSPS) is 10.6. The molecule has 0 aliphatic carbocycles. The number of H-pyrrole nitrogens is 1. The van der Waals surface area contributed by atoms with Crippen molar-refractivity contribution in [2.75, 3.05) is 20.8 Å². The van der Waals surface area contributed by atoms with Gasteiger partial charge in [-0.3, -0.25) is 0 Å². The van der Waals surface area contributed by atoms with Crippen molar-refractivity contribution in [2.24, 2.45) is 0 Å². The van der Waals surface area contributed by atoms with Gasteiger partial charge in [0, 0.05) is 22.7 Å². The number of methoxy groups -OCH3 is 2. The second kappa shape index (κ2) is 10.8. The molecule has 2 N–H and O–H groups in total. The predicted octanol–water partition coefficient (Wildman–Crippen LogP) is 4.76. The number of nitrogens with one attached hydrogen (secondary N) is 2. The summed E-state index contributed by atoms with van der Waals surface area (Å²) in [5, 5.41) is 4.63. The van der Waals surface area contributed by atoms with E-state index in [1.165, 1.54) is 31.2 Å². The summed E-state index contributed by atoms with van der Waals surface area (Å²) in [6, 6.07) is 16.6. The molecule has 0 aliphatic rings. The molecule has 0 saturated carbocycles. The van der Waals surface area contributed by atoms with Crippen LogP contribution in [0.1, 0.15) is 32.0 Å². The van der Waals surface area contributed by atoms with Crippen LogP contribution in [0.25, 0.3) is 22.2 Å². The van der Waals surface area contributed by atoms with Gasteiger partial charge in [0.05, 0.1) is 31.9 Å². The minimum atomic E-state index is -0.539. The maximum absolute atomic E-state index is 12.0. The van der Waals surface area contributed by atoms with E-state index in [-0.39, 0.29) is 23.5 Å². The highest BCUT2D eigenvalue weighted by Crippen LogP contribution is 2.26. The quantitative estimate of drug-likeness (QED) is 0.286. The van der Waals surface area contributed by atoms with Gasteiger partial charge in [-0.2, -0.15) is 0 Å². The summed E-state index contributed by atoms with van der Waals surface area (Å²) < 4.78 is 15.5. The molecule has 4 aromatic rings. The maximum atomic E-state index is 12.0. The molecule has 4 rings (SSSR count). The van der Waals surface area contributed by atoms with Crippen LogP contribution in [0.4, 0.5) is 0 Å². The van der Waals surface area contributed by atoms with Crippen molar-refractivity contribution in [3.8, 4) is 11.3 Å². The van der Waals surface area contributed by atoms with Gasteiger partial charge in [0.25, 0.3) is 0 Å². The summed E-state index contributed by atoms with van der Waals surface area (Å²) in [6.07, 6.45) is 2.94. The Balaban J connectivity index is 0.00000306. The monoisotopic (exact) mass is 468 g/mol. The van der Waals surface area contributed by atoms with E-state index in [2.05, 4.69) is 22.4 Å². The molecular weight excluding hydrogens is 444 g/mol. The number of carbonyl (C=O) groups excluding carboxylic acids is 2. The summed E-state index contributed by atoms with van der Waals surface area (Å²) in [5.41, 5.74) is 3.50. The van der Waals surface area contributed by atoms with E-state index in [0.717, 1.165) is 24.2 Å². The third-order valence-corrected chi connectivity index (χ3v) is 5.27. The van der Waals surface area contributed by atoms with Gasteiger partial charge in [0.1, 0.15) is 11.5 Å². The molecule has 2 aromatic carbocycles. The van der Waals surface area contributed by atoms with Crippen molar-refractivity contribution in [1.29, 1.82) is 0 Å². The van der Waals surface area contributed by atoms with Crippen LogP contribution in [-0.2, 0) is 22.4 Å². The van der Waals surface area contributed by atoms with Crippen LogP contribution in [0.5, 0.6) is 0 Å². The highest BCUT2D eigenvalue weighted by molar-refractivity contribution is 5.97. The Kier molecular flexibility index (Phi) is 7.92. The third-order valence-electron chi connectivity index (χ3n) is 5.27. The fraction of sp³-hybridized carbons (Fsp3) is 0.200. The number of hydrogen-bond donors (Lipinski definition) is 2. The van der Waals surface area contributed by atoms with Gasteiger partial charge in [0.2, 0.25) is 0 Å². The van der Waals surface area contributed by atoms with Crippen molar-refractivity contribution in [3.63, 3.8) is 0 Å². The Morgan fingerprint density at radius 3 is 2.36 bits per heavy atom. The largest absolute Gasteiger partial charge is 0.465 e. The predicted molar refractivity (Wildman–Crippen MR) is 128 cm³/mol. The summed E-state index contributed by atoms with van der Waals surface area (Å²) >= 11 is 0. The fourth-order valence-electron chi connectivity index (χ4n) is 3.64. The molecule has 0 atom stereocenters. The van der Waals surface area contributed by atoms with E-state index < -0.39 is 11.9 Å². The summed E-state index contributed by atoms with van der Waals surface area (Å²) in [7, 11) is 2.58. The van der Waals surface area contributed by atoms with Gasteiger partial charge >= 0.3 is 11.9 Å². The Labute approximate surface area is 197 Å². The summed E-state index contributed by atoms with van der Waals surface area (Å²) in [4.78, 5) is 27.3. The molecule has 0 spiro atoms. The molecule has 8 heteroatoms. The van der Waals surface area contributed by atoms with E-state index in [1.807, 2.05) is 30.5 Å². The fourth-order valence-corrected chi connectivity index (χ4v) is 3.64. The molecule has 2 aromatic heterocycles. The molecular formula is C25H25ClN2O5. The van der Waals surface area contributed by atoms with Crippen LogP contribution in [0, 0.1) is 0 Å². The molecule has 172 valence electrons. The number of furan rings is 1. The lowest BCUT2D eigenvalue weighted by atomic mass is 10.0. The van der Waals surface area contributed by atoms with Crippen molar-refractivity contribution < 1.29 is 23.5 Å². The van der Waals surface area contributed by atoms with Crippen LogP contribution in [0.3, 0.4) is 0 Å². The van der Waals surface area contributed by atoms with Crippen LogP contribution in [0.2, 0.25) is 0 Å². The molecule has 0 unspecified atom stereocenters. The minimum absolute atomic E-state index is 0. The molecule has 0 fully saturated rings. The van der Waals surface area contributed by atoms with Crippen molar-refractivity contribution in [3.05, 3.63) is 83.2 Å². The van der Waals surface area contributed by atoms with E-state index >= 15 is 0 Å². The topological polar surface area (TPSA) is 93.6 Å². The molecule has 0 amide bonds. The Hall–Kier alpha value is -3.55. The summed E-state index contributed by atoms with van der Waals surface area (Å²) in [6.45, 7) is 1.35. The second-order valence-electron chi connectivity index (χ2n) is 7.33. The molecule has 0 saturated heterocycles. The van der Waals surface area contributed by atoms with Gasteiger partial charge in [-0.25, -0.2) is 9.59 Å². The second-order valence-corrected chi connectivity index (χ2v) is 7.33. The van der Waals surface area contributed by atoms with E-state index in [0.29, 0.717) is 17.9 Å². The Morgan fingerprint density at radius 1 is 0.970 bits per heavy atom. The molecule has 33 heavy (non-hydrogen) atoms. The molecule has 0 radical (unpaired) electrons. The zero-order valence-electron chi connectivity index (χ0n) is 18.3. The smallest absolute Gasteiger partial charge is 0.337 e. The summed E-state index contributed by atoms with van der Waals surface area (Å²) in [5.74, 6) is 0.224. The van der Waals surface area contributed by atoms with E-state index in [9.17, 15) is 9.59 Å². The van der Waals surface area contributed by atoms with Crippen molar-refractivity contribution >= 4 is 35.2 Å². The standard InChI is InChI=1S/C25H24N2O5.ClH/c1-30-24(28)18-11-17(12-19(13-18)25(29)31-2)23-8-7-20(32-23)15-26-10-9-16-14-27-22-6-4-3-5-21(16)22;/h3-8,11-14,26-27H,9-10,15H2,1-2H3;1H. The molecule has 0 aliphatic heterocycles. The third kappa shape index (κ3) is 5.45. The zero-order chi connectivity index (χ0) is 22.5. The number of rotatable bonds is 8. The van der Waals surface area contributed by atoms with Crippen molar-refractivity contribution in [2.45, 2.75) is 13.0 Å². The lowest BCUT2D eigenvalue weighted by Crippen LogP contribution is -2.16. The van der Waals surface area contributed by atoms with Gasteiger partial charge in [0.15, 0.2) is 0 Å². The average Bonchev–Trinajstić information content (AvgIpc) is 3.48. The van der Waals surface area contributed by atoms with Crippen LogP contribution < -0.4 is 5.32 Å². The van der Waals surface area contributed by atoms with Crippen molar-refractivity contribution in [1.82, 2.24) is 10.3 Å². The number of para-hydroxylation sites is 1. The number of benzene rings is 2. The highest BCUT2D eigenvalue weighted by Gasteiger charge is 2.16. The number of carbonyl (C=O) groups is 2. The first-order chi connectivity index (χ1) is 15.6. The van der Waals surface area contributed by atoms with Gasteiger partial charge in [-0.1, -0.05) is 18.2 Å². The first-order valence-electron chi connectivity index (χ1n) is 10.3. The number of halogens is 1. The lowest BCUT2D eigenvalue weighted by Gasteiger charge is -2.07. The Bertz CT molecular complexity index is 1230. The number of hydrogen-bond acceptors (Lipinski definition) is 6. The van der Waals surface area contributed by atoms with Gasteiger partial charge < -0.3 is 24.2 Å². The number of aromatic nitrogens is 1. The number of aromatic amines is 1. The van der Waals surface area contributed by atoms with E-state index in [4.69, 9.17) is 13.9 Å². The first kappa shape index (κ1) is 24.1.